The molecular formula is C13H11N3O4. The van der Waals surface area contributed by atoms with Crippen molar-refractivity contribution >= 4 is 11.5 Å². The summed E-state index contributed by atoms with van der Waals surface area (Å²) < 4.78 is 5.02. The van der Waals surface area contributed by atoms with Gasteiger partial charge in [-0.25, -0.2) is 0 Å². The summed E-state index contributed by atoms with van der Waals surface area (Å²) in [6.45, 7) is 0. The normalized spacial score (nSPS) is 14.2. The minimum Gasteiger partial charge on any atom is -0.339 e. The molecule has 7 nitrogen and oxygen atoms in total. The summed E-state index contributed by atoms with van der Waals surface area (Å²) in [5.74, 6) is 0.762. The topological polar surface area (TPSA) is 99.1 Å². The molecule has 3 rings (SSSR count). The number of carbonyl (C=O) groups excluding carboxylic acids is 1. The molecule has 0 N–H and O–H groups in total. The van der Waals surface area contributed by atoms with Crippen molar-refractivity contribution in [3.63, 3.8) is 0 Å². The molecule has 0 unspecified atom stereocenters. The second-order valence-electron chi connectivity index (χ2n) is 4.74. The molecule has 0 saturated heterocycles. The monoisotopic (exact) mass is 273 g/mol. The van der Waals surface area contributed by atoms with Crippen molar-refractivity contribution in [1.82, 2.24) is 10.1 Å². The van der Waals surface area contributed by atoms with E-state index in [-0.39, 0.29) is 35.5 Å². The number of ketones is 1. The zero-order valence-corrected chi connectivity index (χ0v) is 10.5. The Labute approximate surface area is 113 Å². The predicted octanol–water partition coefficient (Wildman–Crippen LogP) is 2.17. The van der Waals surface area contributed by atoms with Crippen LogP contribution in [0.25, 0.3) is 11.4 Å². The lowest BCUT2D eigenvalue weighted by atomic mass is 10.2. The molecule has 2 aromatic rings. The Morgan fingerprint density at radius 1 is 1.45 bits per heavy atom. The van der Waals surface area contributed by atoms with Gasteiger partial charge in [-0.15, -0.1) is 0 Å². The summed E-state index contributed by atoms with van der Waals surface area (Å²) in [5, 5.41) is 14.5. The highest BCUT2D eigenvalue weighted by molar-refractivity contribution is 5.84. The first kappa shape index (κ1) is 12.5. The summed E-state index contributed by atoms with van der Waals surface area (Å²) in [5.41, 5.74) is 0.455. The molecule has 1 fully saturated rings. The standard InChI is InChI=1S/C13H11N3O4/c17-11(8-4-5-8)7-12-14-13(15-20-12)9-2-1-3-10(6-9)16(18)19/h1-3,6,8H,4-5,7H2. The van der Waals surface area contributed by atoms with Gasteiger partial charge in [0.2, 0.25) is 11.7 Å². The number of hydrogen-bond donors (Lipinski definition) is 0. The third kappa shape index (κ3) is 2.56. The molecule has 1 aliphatic rings. The van der Waals surface area contributed by atoms with Gasteiger partial charge in [0, 0.05) is 23.6 Å². The first-order valence-electron chi connectivity index (χ1n) is 6.23. The number of rotatable bonds is 5. The van der Waals surface area contributed by atoms with E-state index in [2.05, 4.69) is 10.1 Å². The van der Waals surface area contributed by atoms with Crippen molar-refractivity contribution < 1.29 is 14.2 Å². The summed E-state index contributed by atoms with van der Waals surface area (Å²) in [4.78, 5) is 26.0. The Kier molecular flexibility index (Phi) is 3.02. The zero-order chi connectivity index (χ0) is 14.1. The van der Waals surface area contributed by atoms with Crippen molar-refractivity contribution in [2.75, 3.05) is 0 Å². The lowest BCUT2D eigenvalue weighted by molar-refractivity contribution is -0.384. The van der Waals surface area contributed by atoms with Gasteiger partial charge in [-0.05, 0) is 12.8 Å². The van der Waals surface area contributed by atoms with Crippen LogP contribution < -0.4 is 0 Å². The first-order chi connectivity index (χ1) is 9.63. The maximum atomic E-state index is 11.6. The molecule has 0 spiro atoms. The van der Waals surface area contributed by atoms with Crippen molar-refractivity contribution in [2.24, 2.45) is 5.92 Å². The van der Waals surface area contributed by atoms with Gasteiger partial charge in [-0.1, -0.05) is 17.3 Å². The van der Waals surface area contributed by atoms with E-state index < -0.39 is 4.92 Å². The lowest BCUT2D eigenvalue weighted by Crippen LogP contribution is -2.04. The van der Waals surface area contributed by atoms with E-state index in [1.807, 2.05) is 0 Å². The summed E-state index contributed by atoms with van der Waals surface area (Å²) in [6, 6.07) is 5.97. The number of hydrogen-bond acceptors (Lipinski definition) is 6. The van der Waals surface area contributed by atoms with Gasteiger partial charge in [0.05, 0.1) is 11.3 Å². The van der Waals surface area contributed by atoms with Crippen LogP contribution in [0.4, 0.5) is 5.69 Å². The molecule has 1 aliphatic carbocycles. The molecule has 20 heavy (non-hydrogen) atoms. The highest BCUT2D eigenvalue weighted by Crippen LogP contribution is 2.31. The Morgan fingerprint density at radius 2 is 2.25 bits per heavy atom. The number of Topliss-reactive ketones (excluding diaryl/α,β-unsaturated/α-hetero) is 1. The molecule has 0 amide bonds. The maximum Gasteiger partial charge on any atom is 0.270 e. The van der Waals surface area contributed by atoms with E-state index in [4.69, 9.17) is 4.52 Å². The fourth-order valence-corrected chi connectivity index (χ4v) is 1.90. The zero-order valence-electron chi connectivity index (χ0n) is 10.5. The number of non-ortho nitro benzene ring substituents is 1. The van der Waals surface area contributed by atoms with Crippen LogP contribution in [0.1, 0.15) is 18.7 Å². The summed E-state index contributed by atoms with van der Waals surface area (Å²) in [7, 11) is 0. The van der Waals surface area contributed by atoms with E-state index in [0.717, 1.165) is 12.8 Å². The van der Waals surface area contributed by atoms with Crippen LogP contribution in [0.5, 0.6) is 0 Å². The van der Waals surface area contributed by atoms with E-state index in [9.17, 15) is 14.9 Å². The SMILES string of the molecule is O=C(Cc1nc(-c2cccc([N+](=O)[O-])c2)no1)C1CC1. The average Bonchev–Trinajstić information content (AvgIpc) is 3.20. The second kappa shape index (κ2) is 4.84. The Balaban J connectivity index is 1.80. The number of carbonyl (C=O) groups is 1. The fourth-order valence-electron chi connectivity index (χ4n) is 1.90. The predicted molar refractivity (Wildman–Crippen MR) is 67.8 cm³/mol. The average molecular weight is 273 g/mol. The van der Waals surface area contributed by atoms with Gasteiger partial charge in [0.25, 0.3) is 5.69 Å². The molecule has 7 heteroatoms. The third-order valence-electron chi connectivity index (χ3n) is 3.14. The van der Waals surface area contributed by atoms with Crippen molar-refractivity contribution in [2.45, 2.75) is 19.3 Å². The number of nitrogens with zero attached hydrogens (tertiary/aromatic N) is 3. The highest BCUT2D eigenvalue weighted by Gasteiger charge is 2.30. The minimum absolute atomic E-state index is 0.0390. The number of aromatic nitrogens is 2. The third-order valence-corrected chi connectivity index (χ3v) is 3.14. The summed E-state index contributed by atoms with van der Waals surface area (Å²) >= 11 is 0. The van der Waals surface area contributed by atoms with Crippen LogP contribution in [0.3, 0.4) is 0 Å². The van der Waals surface area contributed by atoms with Gasteiger partial charge in [0.15, 0.2) is 0 Å². The molecule has 1 heterocycles. The van der Waals surface area contributed by atoms with Crippen molar-refractivity contribution in [3.8, 4) is 11.4 Å². The molecule has 102 valence electrons. The minimum atomic E-state index is -0.485. The fraction of sp³-hybridized carbons (Fsp3) is 0.308. The van der Waals surface area contributed by atoms with Gasteiger partial charge in [0.1, 0.15) is 5.78 Å². The largest absolute Gasteiger partial charge is 0.339 e. The molecule has 0 radical (unpaired) electrons. The number of nitro benzene ring substituents is 1. The highest BCUT2D eigenvalue weighted by atomic mass is 16.6. The van der Waals surface area contributed by atoms with Gasteiger partial charge in [-0.3, -0.25) is 14.9 Å². The Bertz CT molecular complexity index is 676. The van der Waals surface area contributed by atoms with Gasteiger partial charge < -0.3 is 4.52 Å². The first-order valence-corrected chi connectivity index (χ1v) is 6.23. The lowest BCUT2D eigenvalue weighted by Gasteiger charge is -1.94. The molecule has 0 aliphatic heterocycles. The molecule has 1 aromatic heterocycles. The van der Waals surface area contributed by atoms with Crippen LogP contribution in [0, 0.1) is 16.0 Å². The van der Waals surface area contributed by atoms with E-state index in [0.29, 0.717) is 5.56 Å². The number of benzene rings is 1. The maximum absolute atomic E-state index is 11.6. The van der Waals surface area contributed by atoms with Crippen LogP contribution >= 0.6 is 0 Å². The second-order valence-corrected chi connectivity index (χ2v) is 4.74. The Hall–Kier alpha value is -2.57. The van der Waals surface area contributed by atoms with Crippen molar-refractivity contribution in [1.29, 1.82) is 0 Å². The van der Waals surface area contributed by atoms with E-state index >= 15 is 0 Å². The quantitative estimate of drug-likeness (QED) is 0.611. The number of nitro groups is 1. The van der Waals surface area contributed by atoms with Crippen molar-refractivity contribution in [3.05, 3.63) is 40.3 Å². The van der Waals surface area contributed by atoms with Gasteiger partial charge >= 0.3 is 0 Å². The molecule has 0 atom stereocenters. The molecule has 0 bridgehead atoms. The molecule has 1 aromatic carbocycles. The smallest absolute Gasteiger partial charge is 0.270 e. The molecule has 1 saturated carbocycles. The van der Waals surface area contributed by atoms with Gasteiger partial charge in [-0.2, -0.15) is 4.98 Å². The van der Waals surface area contributed by atoms with E-state index in [1.54, 1.807) is 12.1 Å². The van der Waals surface area contributed by atoms with Crippen LogP contribution in [-0.2, 0) is 11.2 Å². The molecular weight excluding hydrogens is 262 g/mol. The van der Waals surface area contributed by atoms with Crippen LogP contribution in [0.2, 0.25) is 0 Å². The van der Waals surface area contributed by atoms with E-state index in [1.165, 1.54) is 12.1 Å². The van der Waals surface area contributed by atoms with Crippen LogP contribution in [0.15, 0.2) is 28.8 Å². The Morgan fingerprint density at radius 3 is 2.95 bits per heavy atom. The summed E-state index contributed by atoms with van der Waals surface area (Å²) in [6.07, 6.45) is 2.00. The van der Waals surface area contributed by atoms with Crippen LogP contribution in [-0.4, -0.2) is 20.8 Å².